The predicted octanol–water partition coefficient (Wildman–Crippen LogP) is 2.62. The molecule has 2 aromatic rings. The maximum absolute atomic E-state index is 11.9. The van der Waals surface area contributed by atoms with E-state index in [0.29, 0.717) is 31.2 Å². The molecule has 0 atom stereocenters. The lowest BCUT2D eigenvalue weighted by Crippen LogP contribution is -2.26. The second-order valence-corrected chi connectivity index (χ2v) is 6.27. The van der Waals surface area contributed by atoms with Crippen molar-refractivity contribution < 1.29 is 9.21 Å². The zero-order valence-corrected chi connectivity index (χ0v) is 14.5. The summed E-state index contributed by atoms with van der Waals surface area (Å²) < 4.78 is 5.15. The second-order valence-electron chi connectivity index (χ2n) is 6.27. The number of anilines is 1. The van der Waals surface area contributed by atoms with Gasteiger partial charge in [0.05, 0.1) is 6.26 Å². The number of carbonyl (C=O) groups excluding carboxylic acids is 1. The topological polar surface area (TPSA) is 92.7 Å². The molecule has 4 N–H and O–H groups in total. The van der Waals surface area contributed by atoms with Gasteiger partial charge in [0, 0.05) is 24.3 Å². The van der Waals surface area contributed by atoms with Crippen LogP contribution in [-0.2, 0) is 12.8 Å². The molecule has 1 aliphatic carbocycles. The van der Waals surface area contributed by atoms with Crippen molar-refractivity contribution in [3.05, 3.63) is 53.0 Å². The van der Waals surface area contributed by atoms with Crippen LogP contribution in [0.2, 0.25) is 0 Å². The molecule has 1 aromatic carbocycles. The lowest BCUT2D eigenvalue weighted by atomic mass is 10.1. The van der Waals surface area contributed by atoms with E-state index < -0.39 is 0 Å². The van der Waals surface area contributed by atoms with Crippen molar-refractivity contribution >= 4 is 17.6 Å². The summed E-state index contributed by atoms with van der Waals surface area (Å²) in [7, 11) is 0. The number of hydrogen-bond acceptors (Lipinski definition) is 3. The summed E-state index contributed by atoms with van der Waals surface area (Å²) >= 11 is 0. The number of nitrogens with zero attached hydrogens (tertiary/aromatic N) is 1. The third-order valence-electron chi connectivity index (χ3n) is 4.34. The largest absolute Gasteiger partial charge is 0.459 e. The molecule has 0 aliphatic heterocycles. The minimum Gasteiger partial charge on any atom is -0.459 e. The first kappa shape index (κ1) is 17.1. The van der Waals surface area contributed by atoms with E-state index in [2.05, 4.69) is 27.8 Å². The molecule has 1 aromatic heterocycles. The number of nitrogens with one attached hydrogen (secondary N) is 2. The van der Waals surface area contributed by atoms with Crippen molar-refractivity contribution in [3.63, 3.8) is 0 Å². The zero-order valence-electron chi connectivity index (χ0n) is 14.5. The van der Waals surface area contributed by atoms with Crippen molar-refractivity contribution in [2.45, 2.75) is 32.6 Å². The first-order chi connectivity index (χ1) is 12.1. The van der Waals surface area contributed by atoms with Gasteiger partial charge in [0.15, 0.2) is 11.7 Å². The van der Waals surface area contributed by atoms with Crippen LogP contribution in [0.3, 0.4) is 0 Å². The lowest BCUT2D eigenvalue weighted by Gasteiger charge is -2.08. The Morgan fingerprint density at radius 3 is 2.92 bits per heavy atom. The van der Waals surface area contributed by atoms with Crippen LogP contribution in [0.1, 0.15) is 40.1 Å². The monoisotopic (exact) mass is 340 g/mol. The fraction of sp³-hybridized carbons (Fsp3) is 0.368. The number of nitrogens with two attached hydrogens (primary N) is 1. The summed E-state index contributed by atoms with van der Waals surface area (Å²) in [4.78, 5) is 16.2. The van der Waals surface area contributed by atoms with E-state index in [-0.39, 0.29) is 5.91 Å². The molecule has 1 heterocycles. The number of furan rings is 1. The molecular formula is C19H24N4O2. The Morgan fingerprint density at radius 1 is 1.28 bits per heavy atom. The Labute approximate surface area is 147 Å². The van der Waals surface area contributed by atoms with Crippen LogP contribution in [0.5, 0.6) is 0 Å². The molecule has 0 bridgehead atoms. The van der Waals surface area contributed by atoms with Gasteiger partial charge in [-0.15, -0.1) is 0 Å². The molecular weight excluding hydrogens is 316 g/mol. The first-order valence-corrected chi connectivity index (χ1v) is 8.64. The van der Waals surface area contributed by atoms with E-state index in [0.717, 1.165) is 17.7 Å². The quantitative estimate of drug-likeness (QED) is 0.428. The molecule has 6 heteroatoms. The smallest absolute Gasteiger partial charge is 0.287 e. The van der Waals surface area contributed by atoms with Crippen molar-refractivity contribution in [3.8, 4) is 0 Å². The Balaban J connectivity index is 1.40. The highest BCUT2D eigenvalue weighted by molar-refractivity contribution is 5.93. The Kier molecular flexibility index (Phi) is 5.38. The zero-order chi connectivity index (χ0) is 17.6. The van der Waals surface area contributed by atoms with Crippen molar-refractivity contribution in [2.24, 2.45) is 10.7 Å². The summed E-state index contributed by atoms with van der Waals surface area (Å²) in [5, 5.41) is 5.94. The van der Waals surface area contributed by atoms with E-state index >= 15 is 0 Å². The maximum atomic E-state index is 11.9. The number of fused-ring (bicyclic) bond motifs is 1. The lowest BCUT2D eigenvalue weighted by molar-refractivity contribution is 0.0925. The van der Waals surface area contributed by atoms with Gasteiger partial charge in [-0.1, -0.05) is 6.07 Å². The molecule has 0 saturated carbocycles. The summed E-state index contributed by atoms with van der Waals surface area (Å²) in [6.45, 7) is 2.91. The van der Waals surface area contributed by atoms with Gasteiger partial charge in [-0.3, -0.25) is 9.79 Å². The van der Waals surface area contributed by atoms with Crippen LogP contribution < -0.4 is 16.4 Å². The van der Waals surface area contributed by atoms with E-state index in [1.807, 2.05) is 13.0 Å². The summed E-state index contributed by atoms with van der Waals surface area (Å²) in [5.74, 6) is 0.558. The molecule has 1 aliphatic rings. The maximum Gasteiger partial charge on any atom is 0.287 e. The standard InChI is InChI=1S/C19H24N4O2/c1-13-8-11-25-17(13)18(24)21-9-3-10-22-19(20)23-16-7-6-14-4-2-5-15(14)12-16/h6-8,11-12H,2-5,9-10H2,1H3,(H,21,24)(H3,20,22,23). The average molecular weight is 340 g/mol. The van der Waals surface area contributed by atoms with Gasteiger partial charge in [-0.2, -0.15) is 0 Å². The fourth-order valence-corrected chi connectivity index (χ4v) is 3.00. The van der Waals surface area contributed by atoms with Crippen molar-refractivity contribution in [2.75, 3.05) is 18.4 Å². The molecule has 3 rings (SSSR count). The second kappa shape index (κ2) is 7.88. The van der Waals surface area contributed by atoms with E-state index in [4.69, 9.17) is 10.2 Å². The van der Waals surface area contributed by atoms with Gasteiger partial charge >= 0.3 is 0 Å². The molecule has 0 spiro atoms. The normalized spacial score (nSPS) is 13.6. The van der Waals surface area contributed by atoms with Crippen LogP contribution in [0.15, 0.2) is 39.9 Å². The first-order valence-electron chi connectivity index (χ1n) is 8.64. The van der Waals surface area contributed by atoms with Crippen LogP contribution in [0.4, 0.5) is 5.69 Å². The van der Waals surface area contributed by atoms with E-state index in [1.165, 1.54) is 30.2 Å². The minimum atomic E-state index is -0.198. The van der Waals surface area contributed by atoms with Gasteiger partial charge in [-0.25, -0.2) is 0 Å². The molecule has 0 saturated heterocycles. The fourth-order valence-electron chi connectivity index (χ4n) is 3.00. The number of carbonyl (C=O) groups is 1. The minimum absolute atomic E-state index is 0.198. The Morgan fingerprint density at radius 2 is 2.12 bits per heavy atom. The van der Waals surface area contributed by atoms with Crippen LogP contribution >= 0.6 is 0 Å². The number of aryl methyl sites for hydroxylation is 3. The number of guanidine groups is 1. The van der Waals surface area contributed by atoms with Gasteiger partial charge in [0.25, 0.3) is 5.91 Å². The highest BCUT2D eigenvalue weighted by atomic mass is 16.3. The van der Waals surface area contributed by atoms with Gasteiger partial charge < -0.3 is 20.8 Å². The van der Waals surface area contributed by atoms with E-state index in [1.54, 1.807) is 6.07 Å². The summed E-state index contributed by atoms with van der Waals surface area (Å²) in [6.07, 6.45) is 5.75. The molecule has 0 unspecified atom stereocenters. The van der Waals surface area contributed by atoms with Crippen LogP contribution in [0, 0.1) is 6.92 Å². The molecule has 6 nitrogen and oxygen atoms in total. The average Bonchev–Trinajstić information content (AvgIpc) is 3.22. The van der Waals surface area contributed by atoms with Crippen molar-refractivity contribution in [1.29, 1.82) is 0 Å². The van der Waals surface area contributed by atoms with E-state index in [9.17, 15) is 4.79 Å². The Bertz CT molecular complexity index is 779. The number of benzene rings is 1. The van der Waals surface area contributed by atoms with Gasteiger partial charge in [0.1, 0.15) is 0 Å². The Hall–Kier alpha value is -2.76. The molecule has 25 heavy (non-hydrogen) atoms. The highest BCUT2D eigenvalue weighted by Crippen LogP contribution is 2.24. The van der Waals surface area contributed by atoms with Crippen LogP contribution in [-0.4, -0.2) is 25.0 Å². The third-order valence-corrected chi connectivity index (χ3v) is 4.34. The third kappa shape index (κ3) is 4.41. The van der Waals surface area contributed by atoms with Crippen molar-refractivity contribution in [1.82, 2.24) is 5.32 Å². The summed E-state index contributed by atoms with van der Waals surface area (Å²) in [5.41, 5.74) is 10.6. The molecule has 132 valence electrons. The van der Waals surface area contributed by atoms with Crippen LogP contribution in [0.25, 0.3) is 0 Å². The molecule has 0 radical (unpaired) electrons. The van der Waals surface area contributed by atoms with Gasteiger partial charge in [0.2, 0.25) is 0 Å². The number of hydrogen-bond donors (Lipinski definition) is 3. The number of rotatable bonds is 6. The molecule has 0 fully saturated rings. The predicted molar refractivity (Wildman–Crippen MR) is 99.0 cm³/mol. The number of aliphatic imine (C=N–C) groups is 1. The van der Waals surface area contributed by atoms with Gasteiger partial charge in [-0.05, 0) is 61.9 Å². The highest BCUT2D eigenvalue weighted by Gasteiger charge is 2.12. The summed E-state index contributed by atoms with van der Waals surface area (Å²) in [6, 6.07) is 8.11. The SMILES string of the molecule is Cc1ccoc1C(=O)NCCCN=C(N)Nc1ccc2c(c1)CCC2. The molecule has 1 amide bonds. The number of amides is 1.